The molecule has 0 aliphatic carbocycles. The molecule has 1 aromatic heterocycles. The molecule has 0 amide bonds. The third kappa shape index (κ3) is 5.71. The van der Waals surface area contributed by atoms with Gasteiger partial charge in [0.1, 0.15) is 6.73 Å². The maximum absolute atomic E-state index is 9.00. The average molecular weight is 278 g/mol. The molecule has 7 nitrogen and oxygen atoms in total. The molecule has 1 aromatic rings. The number of aliphatic hydroxyl groups is 1. The minimum Gasteiger partial charge on any atom is -0.412 e. The van der Waals surface area contributed by atoms with Crippen LogP contribution in [0.3, 0.4) is 0 Å². The summed E-state index contributed by atoms with van der Waals surface area (Å²) in [5.41, 5.74) is 1.49. The van der Waals surface area contributed by atoms with Gasteiger partial charge in [-0.05, 0) is 6.04 Å². The highest BCUT2D eigenvalue weighted by Gasteiger charge is 2.13. The van der Waals surface area contributed by atoms with Gasteiger partial charge in [-0.15, -0.1) is 0 Å². The fourth-order valence-corrected chi connectivity index (χ4v) is 2.06. The van der Waals surface area contributed by atoms with E-state index in [0.717, 1.165) is 11.5 Å². The molecule has 0 saturated carbocycles. The van der Waals surface area contributed by atoms with Gasteiger partial charge in [-0.3, -0.25) is 0 Å². The lowest BCUT2D eigenvalue weighted by Gasteiger charge is -2.15. The Morgan fingerprint density at radius 2 is 2.11 bits per heavy atom. The Bertz CT molecular complexity index is 351. The first-order valence-electron chi connectivity index (χ1n) is 5.69. The highest BCUT2D eigenvalue weighted by molar-refractivity contribution is 6.76. The second-order valence-corrected chi connectivity index (χ2v) is 10.8. The zero-order chi connectivity index (χ0) is 12.9. The summed E-state index contributed by atoms with van der Waals surface area (Å²) in [7, 11) is -1.07. The van der Waals surface area contributed by atoms with Gasteiger partial charge >= 0.3 is 0 Å². The highest BCUT2D eigenvalue weighted by Crippen LogP contribution is 2.09. The van der Waals surface area contributed by atoms with Crippen molar-refractivity contribution in [3.63, 3.8) is 0 Å². The monoisotopic (exact) mass is 278 g/mol. The van der Waals surface area contributed by atoms with Crippen molar-refractivity contribution in [1.82, 2.24) is 9.78 Å². The quantitative estimate of drug-likeness (QED) is 0.352. The van der Waals surface area contributed by atoms with E-state index < -0.39 is 8.07 Å². The van der Waals surface area contributed by atoms with Crippen molar-refractivity contribution >= 4 is 13.9 Å². The Morgan fingerprint density at radius 3 is 2.61 bits per heavy atom. The van der Waals surface area contributed by atoms with Crippen molar-refractivity contribution < 1.29 is 26.0 Å². The molecule has 1 heterocycles. The summed E-state index contributed by atoms with van der Waals surface area (Å²) in [6.45, 7) is 7.75. The molecule has 0 fully saturated rings. The molecule has 18 heavy (non-hydrogen) atoms. The molecule has 0 aliphatic heterocycles. The molecule has 8 heteroatoms. The summed E-state index contributed by atoms with van der Waals surface area (Å²) in [6, 6.07) is 2.72. The van der Waals surface area contributed by atoms with Gasteiger partial charge in [-0.2, -0.15) is 15.3 Å². The van der Waals surface area contributed by atoms with Crippen LogP contribution in [0.15, 0.2) is 6.07 Å². The zero-order valence-electron chi connectivity index (χ0n) is 11.2. The van der Waals surface area contributed by atoms with Crippen molar-refractivity contribution in [3.8, 4) is 0 Å². The molecular formula is C10H24N3O4Si+. The minimum absolute atomic E-state index is 0. The highest BCUT2D eigenvalue weighted by atomic mass is 28.3. The summed E-state index contributed by atoms with van der Waals surface area (Å²) >= 11 is 0. The van der Waals surface area contributed by atoms with Crippen LogP contribution in [-0.2, 0) is 18.1 Å². The summed E-state index contributed by atoms with van der Waals surface area (Å²) < 4.78 is 7.06. The maximum Gasteiger partial charge on any atom is 0.257 e. The van der Waals surface area contributed by atoms with Gasteiger partial charge in [0.25, 0.3) is 5.82 Å². The fraction of sp³-hybridized carbons (Fsp3) is 0.700. The van der Waals surface area contributed by atoms with E-state index in [-0.39, 0.29) is 12.1 Å². The second kappa shape index (κ2) is 7.62. The number of hydrogen-bond donors (Lipinski definition) is 3. The van der Waals surface area contributed by atoms with Crippen molar-refractivity contribution in [2.24, 2.45) is 0 Å². The number of nitrogens with zero attached hydrogens (tertiary/aromatic N) is 2. The number of hydrogen-bond acceptors (Lipinski definition) is 4. The van der Waals surface area contributed by atoms with Crippen LogP contribution in [0, 0.1) is 0 Å². The molecule has 0 atom stereocenters. The largest absolute Gasteiger partial charge is 0.412 e. The second-order valence-electron chi connectivity index (χ2n) is 5.20. The number of quaternary nitrogens is 1. The lowest BCUT2D eigenvalue weighted by Crippen LogP contribution is -2.74. The van der Waals surface area contributed by atoms with E-state index in [4.69, 9.17) is 15.1 Å². The lowest BCUT2D eigenvalue weighted by atomic mass is 10.4. The van der Waals surface area contributed by atoms with E-state index in [9.17, 15) is 0 Å². The third-order valence-electron chi connectivity index (χ3n) is 2.37. The molecule has 0 spiro atoms. The minimum atomic E-state index is -1.07. The van der Waals surface area contributed by atoms with Gasteiger partial charge in [-0.1, -0.05) is 19.6 Å². The predicted molar refractivity (Wildman–Crippen MR) is 69.2 cm³/mol. The summed E-state index contributed by atoms with van der Waals surface area (Å²) in [6.07, 6.45) is 0. The van der Waals surface area contributed by atoms with Crippen molar-refractivity contribution in [2.75, 3.05) is 6.61 Å². The molecule has 6 N–H and O–H groups in total. The fourth-order valence-electron chi connectivity index (χ4n) is 1.30. The molecule has 0 unspecified atom stereocenters. The van der Waals surface area contributed by atoms with Crippen LogP contribution in [0.5, 0.6) is 0 Å². The van der Waals surface area contributed by atoms with E-state index in [1.165, 1.54) is 4.68 Å². The molecule has 0 aromatic carbocycles. The van der Waals surface area contributed by atoms with Crippen LogP contribution in [0.1, 0.15) is 5.69 Å². The molecule has 0 aliphatic rings. The SMILES string of the molecule is C[Si](C)(C)CCOCn1nc(CO)cc1[NH2+]O.O. The first-order chi connectivity index (χ1) is 7.96. The number of aliphatic hydroxyl groups excluding tert-OH is 1. The van der Waals surface area contributed by atoms with E-state index in [2.05, 4.69) is 24.7 Å². The number of ether oxygens (including phenoxy) is 1. The molecule has 0 saturated heterocycles. The average Bonchev–Trinajstić information content (AvgIpc) is 2.65. The first-order valence-corrected chi connectivity index (χ1v) is 9.40. The smallest absolute Gasteiger partial charge is 0.257 e. The predicted octanol–water partition coefficient (Wildman–Crippen LogP) is -0.553. The molecule has 106 valence electrons. The summed E-state index contributed by atoms with van der Waals surface area (Å²) in [5, 5.41) is 22.0. The topological polar surface area (TPSA) is 116 Å². The molecule has 0 bridgehead atoms. The summed E-state index contributed by atoms with van der Waals surface area (Å²) in [4.78, 5) is 0. The van der Waals surface area contributed by atoms with Gasteiger partial charge in [0.05, 0.1) is 12.3 Å². The zero-order valence-corrected chi connectivity index (χ0v) is 12.2. The molecular weight excluding hydrogens is 254 g/mol. The standard InChI is InChI=1S/C10H21N3O3Si.H2O/c1-17(2,3)5-4-16-8-13-10(12-15)6-9(7-14)11-13;/h6,12,14-15H,4-5,7-8H2,1-3H3;1H2/p+1. The van der Waals surface area contributed by atoms with Gasteiger partial charge in [0.2, 0.25) is 0 Å². The van der Waals surface area contributed by atoms with Gasteiger partial charge < -0.3 is 15.3 Å². The summed E-state index contributed by atoms with van der Waals surface area (Å²) in [5.74, 6) is 0.544. The third-order valence-corrected chi connectivity index (χ3v) is 4.07. The Kier molecular flexibility index (Phi) is 7.29. The van der Waals surface area contributed by atoms with Crippen molar-refractivity contribution in [2.45, 2.75) is 39.0 Å². The van der Waals surface area contributed by atoms with Crippen LogP contribution in [0.2, 0.25) is 25.7 Å². The molecule has 1 rings (SSSR count). The molecule has 0 radical (unpaired) electrons. The van der Waals surface area contributed by atoms with E-state index >= 15 is 0 Å². The van der Waals surface area contributed by atoms with Crippen LogP contribution in [0.4, 0.5) is 5.82 Å². The van der Waals surface area contributed by atoms with Crippen LogP contribution in [0.25, 0.3) is 0 Å². The Balaban J connectivity index is 0.00000289. The number of aromatic nitrogens is 2. The first kappa shape index (κ1) is 17.2. The van der Waals surface area contributed by atoms with Crippen molar-refractivity contribution in [1.29, 1.82) is 0 Å². The van der Waals surface area contributed by atoms with Gasteiger partial charge in [-0.25, -0.2) is 5.21 Å². The van der Waals surface area contributed by atoms with E-state index in [1.54, 1.807) is 6.07 Å². The Labute approximate surface area is 108 Å². The normalized spacial score (nSPS) is 11.4. The van der Waals surface area contributed by atoms with Crippen molar-refractivity contribution in [3.05, 3.63) is 11.8 Å². The maximum atomic E-state index is 9.00. The van der Waals surface area contributed by atoms with E-state index in [1.807, 2.05) is 0 Å². The number of rotatable bonds is 7. The van der Waals surface area contributed by atoms with E-state index in [0.29, 0.717) is 24.8 Å². The number of nitrogens with two attached hydrogens (primary N) is 1. The van der Waals surface area contributed by atoms with Crippen LogP contribution in [-0.4, -0.2) is 40.3 Å². The van der Waals surface area contributed by atoms with Crippen LogP contribution < -0.4 is 5.48 Å². The van der Waals surface area contributed by atoms with Gasteiger partial charge in [0.15, 0.2) is 0 Å². The Hall–Kier alpha value is -0.773. The van der Waals surface area contributed by atoms with Crippen LogP contribution >= 0.6 is 0 Å². The van der Waals surface area contributed by atoms with Gasteiger partial charge in [0, 0.05) is 20.7 Å². The Morgan fingerprint density at radius 1 is 1.44 bits per heavy atom. The lowest BCUT2D eigenvalue weighted by molar-refractivity contribution is -0.829.